The van der Waals surface area contributed by atoms with Crippen molar-refractivity contribution in [3.63, 3.8) is 0 Å². The molecule has 0 aliphatic rings. The third-order valence-corrected chi connectivity index (χ3v) is 6.31. The molecule has 0 bridgehead atoms. The lowest BCUT2D eigenvalue weighted by Gasteiger charge is -2.18. The number of aryl methyl sites for hydroxylation is 1. The van der Waals surface area contributed by atoms with Gasteiger partial charge >= 0.3 is 0 Å². The summed E-state index contributed by atoms with van der Waals surface area (Å²) in [6, 6.07) is 24.2. The van der Waals surface area contributed by atoms with Crippen LogP contribution in [-0.2, 0) is 0 Å². The van der Waals surface area contributed by atoms with Crippen LogP contribution in [0.25, 0.3) is 21.9 Å². The van der Waals surface area contributed by atoms with Crippen LogP contribution in [0.15, 0.2) is 87.9 Å². The van der Waals surface area contributed by atoms with E-state index in [1.54, 1.807) is 0 Å². The van der Waals surface area contributed by atoms with Gasteiger partial charge in [-0.3, -0.25) is 4.79 Å². The summed E-state index contributed by atoms with van der Waals surface area (Å²) in [5.74, 6) is 0.170. The van der Waals surface area contributed by atoms with E-state index in [0.717, 1.165) is 43.0 Å². The Labute approximate surface area is 188 Å². The topological polar surface area (TPSA) is 58.0 Å². The fraction of sp³-hybridized carbons (Fsp3) is 0.115. The molecule has 31 heavy (non-hydrogen) atoms. The summed E-state index contributed by atoms with van der Waals surface area (Å²) >= 11 is 3.51. The van der Waals surface area contributed by atoms with Gasteiger partial charge in [0.15, 0.2) is 5.76 Å². The first-order valence-corrected chi connectivity index (χ1v) is 11.0. The summed E-state index contributed by atoms with van der Waals surface area (Å²) in [7, 11) is 0. The van der Waals surface area contributed by atoms with Crippen LogP contribution in [-0.4, -0.2) is 17.4 Å². The molecule has 1 amide bonds. The van der Waals surface area contributed by atoms with E-state index >= 15 is 0 Å². The van der Waals surface area contributed by atoms with E-state index < -0.39 is 0 Å². The normalized spacial score (nSPS) is 12.3. The van der Waals surface area contributed by atoms with Crippen molar-refractivity contribution in [2.45, 2.75) is 12.8 Å². The van der Waals surface area contributed by atoms with Crippen molar-refractivity contribution >= 4 is 43.7 Å². The second kappa shape index (κ2) is 8.08. The van der Waals surface area contributed by atoms with E-state index in [9.17, 15) is 4.79 Å². The van der Waals surface area contributed by atoms with E-state index in [1.807, 2.05) is 61.7 Å². The summed E-state index contributed by atoms with van der Waals surface area (Å²) in [4.78, 5) is 16.4. The van der Waals surface area contributed by atoms with Gasteiger partial charge in [-0.25, -0.2) is 0 Å². The van der Waals surface area contributed by atoms with E-state index in [2.05, 4.69) is 50.5 Å². The molecular formula is C26H21BrN2O2. The Bertz CT molecular complexity index is 1380. The number of rotatable bonds is 5. The average molecular weight is 473 g/mol. The minimum Gasteiger partial charge on any atom is -0.451 e. The molecule has 5 rings (SSSR count). The molecule has 4 nitrogen and oxygen atoms in total. The van der Waals surface area contributed by atoms with Gasteiger partial charge in [-0.2, -0.15) is 0 Å². The van der Waals surface area contributed by atoms with Crippen molar-refractivity contribution in [1.82, 2.24) is 10.3 Å². The maximum absolute atomic E-state index is 13.0. The van der Waals surface area contributed by atoms with E-state index in [1.165, 1.54) is 0 Å². The van der Waals surface area contributed by atoms with Gasteiger partial charge in [0.25, 0.3) is 5.91 Å². The number of furan rings is 1. The van der Waals surface area contributed by atoms with Gasteiger partial charge < -0.3 is 14.7 Å². The molecule has 1 atom stereocenters. The first-order valence-electron chi connectivity index (χ1n) is 10.2. The number of para-hydroxylation sites is 2. The van der Waals surface area contributed by atoms with Crippen LogP contribution in [0, 0.1) is 6.92 Å². The number of benzene rings is 3. The maximum Gasteiger partial charge on any atom is 0.287 e. The minimum atomic E-state index is -0.198. The molecule has 2 N–H and O–H groups in total. The zero-order valence-electron chi connectivity index (χ0n) is 17.0. The lowest BCUT2D eigenvalue weighted by atomic mass is 9.91. The highest BCUT2D eigenvalue weighted by Crippen LogP contribution is 2.31. The predicted octanol–water partition coefficient (Wildman–Crippen LogP) is 6.55. The molecule has 0 saturated carbocycles. The van der Waals surface area contributed by atoms with Crippen molar-refractivity contribution in [2.24, 2.45) is 0 Å². The minimum absolute atomic E-state index is 0.00196. The Morgan fingerprint density at radius 3 is 2.48 bits per heavy atom. The van der Waals surface area contributed by atoms with E-state index in [-0.39, 0.29) is 11.8 Å². The summed E-state index contributed by atoms with van der Waals surface area (Å²) in [6.07, 6.45) is 2.04. The van der Waals surface area contributed by atoms with Crippen molar-refractivity contribution < 1.29 is 9.21 Å². The number of aromatic amines is 1. The van der Waals surface area contributed by atoms with Gasteiger partial charge in [0.2, 0.25) is 0 Å². The Hall–Kier alpha value is -3.31. The standard InChI is InChI=1S/C26H21BrN2O2/c1-16-19-6-3-5-9-24(19)31-25(16)26(30)29-14-21(17-10-12-18(27)13-11-17)22-15-28-23-8-4-2-7-20(22)23/h2-13,15,21,28H,14H2,1H3,(H,29,30). The molecule has 2 aromatic heterocycles. The zero-order chi connectivity index (χ0) is 21.4. The maximum atomic E-state index is 13.0. The fourth-order valence-corrected chi connectivity index (χ4v) is 4.41. The van der Waals surface area contributed by atoms with Gasteiger partial charge in [-0.15, -0.1) is 0 Å². The number of H-pyrrole nitrogens is 1. The Morgan fingerprint density at radius 2 is 1.71 bits per heavy atom. The van der Waals surface area contributed by atoms with Crippen LogP contribution in [0.5, 0.6) is 0 Å². The van der Waals surface area contributed by atoms with Gasteiger partial charge in [0.05, 0.1) is 0 Å². The summed E-state index contributed by atoms with van der Waals surface area (Å²) in [6.45, 7) is 2.38. The van der Waals surface area contributed by atoms with Crippen LogP contribution in [0.2, 0.25) is 0 Å². The quantitative estimate of drug-likeness (QED) is 0.304. The number of amides is 1. The second-order valence-corrected chi connectivity index (χ2v) is 8.57. The molecule has 5 aromatic rings. The third-order valence-electron chi connectivity index (χ3n) is 5.79. The second-order valence-electron chi connectivity index (χ2n) is 7.66. The van der Waals surface area contributed by atoms with E-state index in [4.69, 9.17) is 4.42 Å². The van der Waals surface area contributed by atoms with Crippen molar-refractivity contribution in [3.8, 4) is 0 Å². The lowest BCUT2D eigenvalue weighted by Crippen LogP contribution is -2.29. The van der Waals surface area contributed by atoms with Gasteiger partial charge in [0, 0.05) is 45.0 Å². The summed E-state index contributed by atoms with van der Waals surface area (Å²) in [5.41, 5.74) is 4.96. The van der Waals surface area contributed by atoms with Gasteiger partial charge in [-0.05, 0) is 42.3 Å². The van der Waals surface area contributed by atoms with Crippen LogP contribution in [0.4, 0.5) is 0 Å². The number of hydrogen-bond acceptors (Lipinski definition) is 2. The Balaban J connectivity index is 1.48. The molecule has 154 valence electrons. The third kappa shape index (κ3) is 3.66. The van der Waals surface area contributed by atoms with Crippen molar-refractivity contribution in [1.29, 1.82) is 0 Å². The molecule has 3 aromatic carbocycles. The molecular weight excluding hydrogens is 452 g/mol. The number of fused-ring (bicyclic) bond motifs is 2. The van der Waals surface area contributed by atoms with Crippen LogP contribution >= 0.6 is 15.9 Å². The highest BCUT2D eigenvalue weighted by Gasteiger charge is 2.22. The molecule has 0 saturated heterocycles. The smallest absolute Gasteiger partial charge is 0.287 e. The first kappa shape index (κ1) is 19.6. The highest BCUT2D eigenvalue weighted by molar-refractivity contribution is 9.10. The number of aromatic nitrogens is 1. The van der Waals surface area contributed by atoms with Crippen LogP contribution < -0.4 is 5.32 Å². The number of halogens is 1. The number of carbonyl (C=O) groups excluding carboxylic acids is 1. The van der Waals surface area contributed by atoms with E-state index in [0.29, 0.717) is 12.3 Å². The number of nitrogens with one attached hydrogen (secondary N) is 2. The molecule has 2 heterocycles. The SMILES string of the molecule is Cc1c(C(=O)NCC(c2ccc(Br)cc2)c2c[nH]c3ccccc23)oc2ccccc12. The predicted molar refractivity (Wildman–Crippen MR) is 128 cm³/mol. The highest BCUT2D eigenvalue weighted by atomic mass is 79.9. The summed E-state index contributed by atoms with van der Waals surface area (Å²) in [5, 5.41) is 5.23. The Morgan fingerprint density at radius 1 is 1.00 bits per heavy atom. The van der Waals surface area contributed by atoms with Crippen molar-refractivity contribution in [3.05, 3.63) is 106 Å². The molecule has 0 radical (unpaired) electrons. The van der Waals surface area contributed by atoms with Gasteiger partial charge in [-0.1, -0.05) is 64.5 Å². The first-order chi connectivity index (χ1) is 15.1. The average Bonchev–Trinajstić information content (AvgIpc) is 3.37. The Kier molecular flexibility index (Phi) is 5.12. The van der Waals surface area contributed by atoms with Crippen molar-refractivity contribution in [2.75, 3.05) is 6.54 Å². The molecule has 0 aliphatic heterocycles. The fourth-order valence-electron chi connectivity index (χ4n) is 4.15. The van der Waals surface area contributed by atoms with Crippen LogP contribution in [0.1, 0.15) is 33.2 Å². The van der Waals surface area contributed by atoms with Crippen LogP contribution in [0.3, 0.4) is 0 Å². The zero-order valence-corrected chi connectivity index (χ0v) is 18.6. The number of hydrogen-bond donors (Lipinski definition) is 2. The largest absolute Gasteiger partial charge is 0.451 e. The van der Waals surface area contributed by atoms with Gasteiger partial charge in [0.1, 0.15) is 5.58 Å². The molecule has 0 fully saturated rings. The molecule has 0 aliphatic carbocycles. The molecule has 1 unspecified atom stereocenters. The molecule has 0 spiro atoms. The number of carbonyl (C=O) groups is 1. The monoisotopic (exact) mass is 472 g/mol. The summed E-state index contributed by atoms with van der Waals surface area (Å²) < 4.78 is 6.87. The molecule has 5 heteroatoms. The lowest BCUT2D eigenvalue weighted by molar-refractivity contribution is 0.0926.